The lowest BCUT2D eigenvalue weighted by Gasteiger charge is -2.32. The van der Waals surface area contributed by atoms with Gasteiger partial charge in [0, 0.05) is 18.0 Å². The van der Waals surface area contributed by atoms with E-state index in [0.717, 1.165) is 36.1 Å². The monoisotopic (exact) mass is 275 g/mol. The maximum atomic E-state index is 4.55. The van der Waals surface area contributed by atoms with Crippen molar-refractivity contribution in [3.05, 3.63) is 17.3 Å². The summed E-state index contributed by atoms with van der Waals surface area (Å²) in [4.78, 5) is 14.0. The highest BCUT2D eigenvalue weighted by atomic mass is 32.1. The lowest BCUT2D eigenvalue weighted by Crippen LogP contribution is -2.34. The molecule has 0 atom stereocenters. The van der Waals surface area contributed by atoms with Gasteiger partial charge >= 0.3 is 0 Å². The van der Waals surface area contributed by atoms with E-state index in [1.807, 2.05) is 0 Å². The fourth-order valence-corrected chi connectivity index (χ4v) is 3.80. The Balaban J connectivity index is 1.90. The van der Waals surface area contributed by atoms with E-state index in [2.05, 4.69) is 34.8 Å². The molecule has 19 heavy (non-hydrogen) atoms. The van der Waals surface area contributed by atoms with Gasteiger partial charge in [-0.25, -0.2) is 9.97 Å². The maximum absolute atomic E-state index is 4.55. The number of anilines is 1. The smallest absolute Gasteiger partial charge is 0.140 e. The third kappa shape index (κ3) is 2.46. The molecule has 1 aliphatic heterocycles. The normalized spacial score (nSPS) is 17.3. The molecule has 2 aromatic rings. The summed E-state index contributed by atoms with van der Waals surface area (Å²) in [6.07, 6.45) is 6.71. The summed E-state index contributed by atoms with van der Waals surface area (Å²) in [5.74, 6) is 2.05. The molecule has 0 saturated carbocycles. The average molecular weight is 275 g/mol. The molecule has 0 spiro atoms. The van der Waals surface area contributed by atoms with Crippen LogP contribution in [0.5, 0.6) is 0 Å². The van der Waals surface area contributed by atoms with Gasteiger partial charge in [0.2, 0.25) is 0 Å². The molecule has 1 fully saturated rings. The second-order valence-corrected chi connectivity index (χ2v) is 6.44. The summed E-state index contributed by atoms with van der Waals surface area (Å²) < 4.78 is 0. The van der Waals surface area contributed by atoms with Crippen molar-refractivity contribution in [1.82, 2.24) is 9.97 Å². The first-order chi connectivity index (χ1) is 9.31. The highest BCUT2D eigenvalue weighted by molar-refractivity contribution is 7.18. The van der Waals surface area contributed by atoms with E-state index in [9.17, 15) is 0 Å². The van der Waals surface area contributed by atoms with Gasteiger partial charge < -0.3 is 4.90 Å². The highest BCUT2D eigenvalue weighted by Gasteiger charge is 2.21. The predicted molar refractivity (Wildman–Crippen MR) is 82.0 cm³/mol. The number of hydrogen-bond acceptors (Lipinski definition) is 4. The number of rotatable bonds is 3. The molecule has 0 amide bonds. The molecule has 3 heterocycles. The van der Waals surface area contributed by atoms with Crippen LogP contribution in [0.25, 0.3) is 10.2 Å². The van der Waals surface area contributed by atoms with Crippen molar-refractivity contribution in [2.45, 2.75) is 39.5 Å². The quantitative estimate of drug-likeness (QED) is 0.851. The van der Waals surface area contributed by atoms with Gasteiger partial charge in [-0.2, -0.15) is 0 Å². The van der Waals surface area contributed by atoms with Gasteiger partial charge in [-0.15, -0.1) is 11.3 Å². The molecule has 3 nitrogen and oxygen atoms in total. The minimum Gasteiger partial charge on any atom is -0.356 e. The summed E-state index contributed by atoms with van der Waals surface area (Å²) >= 11 is 1.80. The van der Waals surface area contributed by atoms with Crippen LogP contribution in [0.2, 0.25) is 0 Å². The summed E-state index contributed by atoms with van der Waals surface area (Å²) in [6.45, 7) is 6.78. The van der Waals surface area contributed by atoms with Crippen molar-refractivity contribution >= 4 is 27.4 Å². The van der Waals surface area contributed by atoms with E-state index in [0.29, 0.717) is 0 Å². The van der Waals surface area contributed by atoms with Crippen LogP contribution in [-0.2, 0) is 6.42 Å². The van der Waals surface area contributed by atoms with Gasteiger partial charge in [-0.05, 0) is 31.2 Å². The molecule has 4 heteroatoms. The average Bonchev–Trinajstić information content (AvgIpc) is 2.90. The molecular formula is C15H21N3S. The Kier molecular flexibility index (Phi) is 3.69. The number of aryl methyl sites for hydroxylation is 1. The first kappa shape index (κ1) is 12.9. The Morgan fingerprint density at radius 2 is 2.05 bits per heavy atom. The lowest BCUT2D eigenvalue weighted by molar-refractivity contribution is 0.394. The Hall–Kier alpha value is -1.16. The molecule has 0 N–H and O–H groups in total. The van der Waals surface area contributed by atoms with E-state index in [1.54, 1.807) is 17.7 Å². The number of fused-ring (bicyclic) bond motifs is 1. The Morgan fingerprint density at radius 3 is 2.74 bits per heavy atom. The maximum Gasteiger partial charge on any atom is 0.140 e. The van der Waals surface area contributed by atoms with Crippen LogP contribution in [0.4, 0.5) is 5.82 Å². The van der Waals surface area contributed by atoms with E-state index >= 15 is 0 Å². The lowest BCUT2D eigenvalue weighted by atomic mass is 9.94. The van der Waals surface area contributed by atoms with Crippen molar-refractivity contribution in [2.75, 3.05) is 18.0 Å². The molecule has 0 aromatic carbocycles. The van der Waals surface area contributed by atoms with Crippen LogP contribution in [0, 0.1) is 5.92 Å². The fraction of sp³-hybridized carbons (Fsp3) is 0.600. The molecule has 2 aromatic heterocycles. The topological polar surface area (TPSA) is 29.0 Å². The molecule has 0 aliphatic carbocycles. The molecule has 1 aliphatic rings. The van der Waals surface area contributed by atoms with Crippen LogP contribution in [0.15, 0.2) is 12.4 Å². The van der Waals surface area contributed by atoms with Crippen LogP contribution < -0.4 is 4.90 Å². The predicted octanol–water partition coefficient (Wildman–Crippen LogP) is 3.88. The van der Waals surface area contributed by atoms with Gasteiger partial charge in [0.05, 0.1) is 5.39 Å². The van der Waals surface area contributed by atoms with Gasteiger partial charge in [0.25, 0.3) is 0 Å². The van der Waals surface area contributed by atoms with E-state index < -0.39 is 0 Å². The molecular weight excluding hydrogens is 254 g/mol. The first-order valence-corrected chi connectivity index (χ1v) is 8.11. The number of thiophene rings is 1. The third-order valence-corrected chi connectivity index (χ3v) is 5.39. The van der Waals surface area contributed by atoms with Crippen molar-refractivity contribution in [3.8, 4) is 0 Å². The van der Waals surface area contributed by atoms with Crippen LogP contribution in [0.1, 0.15) is 38.0 Å². The minimum absolute atomic E-state index is 0.905. The zero-order chi connectivity index (χ0) is 13.2. The summed E-state index contributed by atoms with van der Waals surface area (Å²) in [5, 5.41) is 1.25. The summed E-state index contributed by atoms with van der Waals surface area (Å²) in [5.41, 5.74) is 0. The second kappa shape index (κ2) is 5.45. The minimum atomic E-state index is 0.905. The van der Waals surface area contributed by atoms with Crippen LogP contribution in [-0.4, -0.2) is 23.1 Å². The molecule has 0 bridgehead atoms. The number of aromatic nitrogens is 2. The Labute approximate surface area is 118 Å². The number of nitrogens with zero attached hydrogens (tertiary/aromatic N) is 3. The summed E-state index contributed by atoms with van der Waals surface area (Å²) in [6, 6.07) is 2.28. The van der Waals surface area contributed by atoms with E-state index in [4.69, 9.17) is 0 Å². The zero-order valence-corrected chi connectivity index (χ0v) is 12.5. The van der Waals surface area contributed by atoms with Crippen molar-refractivity contribution in [1.29, 1.82) is 0 Å². The number of hydrogen-bond donors (Lipinski definition) is 0. The van der Waals surface area contributed by atoms with Gasteiger partial charge in [-0.1, -0.05) is 20.3 Å². The van der Waals surface area contributed by atoms with Crippen molar-refractivity contribution in [3.63, 3.8) is 0 Å². The fourth-order valence-electron chi connectivity index (χ4n) is 2.87. The Bertz CT molecular complexity index is 556. The largest absolute Gasteiger partial charge is 0.356 e. The highest BCUT2D eigenvalue weighted by Crippen LogP contribution is 2.32. The molecule has 0 radical (unpaired) electrons. The van der Waals surface area contributed by atoms with Crippen LogP contribution in [0.3, 0.4) is 0 Å². The molecule has 0 unspecified atom stereocenters. The Morgan fingerprint density at radius 1 is 1.26 bits per heavy atom. The van der Waals surface area contributed by atoms with Gasteiger partial charge in [0.1, 0.15) is 17.0 Å². The standard InChI is InChI=1S/C15H21N3S/c1-3-11-5-7-18(8-6-11)14-13-9-12(4-2)19-15(13)17-10-16-14/h9-11H,3-8H2,1-2H3. The molecule has 1 saturated heterocycles. The zero-order valence-electron chi connectivity index (χ0n) is 11.7. The van der Waals surface area contributed by atoms with Gasteiger partial charge in [0.15, 0.2) is 0 Å². The molecule has 3 rings (SSSR count). The van der Waals surface area contributed by atoms with Gasteiger partial charge in [-0.3, -0.25) is 0 Å². The number of piperidine rings is 1. The second-order valence-electron chi connectivity index (χ2n) is 5.32. The third-order valence-electron chi connectivity index (χ3n) is 4.20. The summed E-state index contributed by atoms with van der Waals surface area (Å²) in [7, 11) is 0. The van der Waals surface area contributed by atoms with Crippen LogP contribution >= 0.6 is 11.3 Å². The van der Waals surface area contributed by atoms with Crippen molar-refractivity contribution < 1.29 is 0 Å². The van der Waals surface area contributed by atoms with E-state index in [-0.39, 0.29) is 0 Å². The first-order valence-electron chi connectivity index (χ1n) is 7.30. The SMILES string of the molecule is CCc1cc2c(N3CCC(CC)CC3)ncnc2s1. The van der Waals surface area contributed by atoms with E-state index in [1.165, 1.54) is 29.5 Å². The molecule has 102 valence electrons. The van der Waals surface area contributed by atoms with Crippen molar-refractivity contribution in [2.24, 2.45) is 5.92 Å².